The van der Waals surface area contributed by atoms with Gasteiger partial charge in [-0.1, -0.05) is 6.07 Å². The molecule has 0 aromatic heterocycles. The van der Waals surface area contributed by atoms with Crippen molar-refractivity contribution in [3.8, 4) is 0 Å². The van der Waals surface area contributed by atoms with Crippen LogP contribution in [0.2, 0.25) is 0 Å². The third-order valence-corrected chi connectivity index (χ3v) is 3.29. The van der Waals surface area contributed by atoms with E-state index in [0.29, 0.717) is 17.1 Å². The first-order valence-electron chi connectivity index (χ1n) is 7.56. The van der Waals surface area contributed by atoms with Gasteiger partial charge in [-0.15, -0.1) is 0 Å². The Balaban J connectivity index is 2.04. The van der Waals surface area contributed by atoms with E-state index in [-0.39, 0.29) is 18.4 Å². The quantitative estimate of drug-likeness (QED) is 0.876. The molecule has 0 heterocycles. The van der Waals surface area contributed by atoms with Crippen LogP contribution < -0.4 is 15.5 Å². The molecule has 3 amide bonds. The molecule has 6 nitrogen and oxygen atoms in total. The molecule has 0 atom stereocenters. The molecule has 0 aliphatic heterocycles. The number of carbonyl (C=O) groups is 3. The molecule has 130 valence electrons. The molecule has 0 aliphatic rings. The van der Waals surface area contributed by atoms with Crippen LogP contribution in [0, 0.1) is 5.82 Å². The lowest BCUT2D eigenvalue weighted by Gasteiger charge is -2.20. The van der Waals surface area contributed by atoms with Gasteiger partial charge in [0.15, 0.2) is 0 Å². The van der Waals surface area contributed by atoms with Crippen LogP contribution in [0.3, 0.4) is 0 Å². The number of carbonyl (C=O) groups excluding carboxylic acids is 3. The number of benzene rings is 2. The summed E-state index contributed by atoms with van der Waals surface area (Å²) in [7, 11) is 0. The normalized spacial score (nSPS) is 10.0. The molecule has 25 heavy (non-hydrogen) atoms. The van der Waals surface area contributed by atoms with Gasteiger partial charge < -0.3 is 15.5 Å². The molecule has 2 rings (SSSR count). The van der Waals surface area contributed by atoms with E-state index in [1.807, 2.05) is 0 Å². The SMILES string of the molecule is CC(=O)Nc1ccc(NC(=O)CN(C(C)=O)c2cccc(F)c2)cc1. The predicted octanol–water partition coefficient (Wildman–Crippen LogP) is 2.78. The van der Waals surface area contributed by atoms with Gasteiger partial charge in [0.05, 0.1) is 0 Å². The van der Waals surface area contributed by atoms with Crippen molar-refractivity contribution in [3.63, 3.8) is 0 Å². The van der Waals surface area contributed by atoms with Crippen molar-refractivity contribution in [3.05, 3.63) is 54.3 Å². The average Bonchev–Trinajstić information content (AvgIpc) is 2.53. The van der Waals surface area contributed by atoms with E-state index in [2.05, 4.69) is 10.6 Å². The van der Waals surface area contributed by atoms with Gasteiger partial charge in [-0.25, -0.2) is 4.39 Å². The van der Waals surface area contributed by atoms with Crippen molar-refractivity contribution < 1.29 is 18.8 Å². The fraction of sp³-hybridized carbons (Fsp3) is 0.167. The Morgan fingerprint density at radius 3 is 2.08 bits per heavy atom. The van der Waals surface area contributed by atoms with Gasteiger partial charge in [-0.3, -0.25) is 14.4 Å². The molecule has 0 bridgehead atoms. The first kappa shape index (κ1) is 18.1. The Bertz CT molecular complexity index is 790. The second-order valence-electron chi connectivity index (χ2n) is 5.39. The van der Waals surface area contributed by atoms with E-state index in [4.69, 9.17) is 0 Å². The van der Waals surface area contributed by atoms with Crippen molar-refractivity contribution in [2.45, 2.75) is 13.8 Å². The van der Waals surface area contributed by atoms with E-state index in [9.17, 15) is 18.8 Å². The number of nitrogens with one attached hydrogen (secondary N) is 2. The second kappa shape index (κ2) is 8.05. The maximum Gasteiger partial charge on any atom is 0.244 e. The number of anilines is 3. The second-order valence-corrected chi connectivity index (χ2v) is 5.39. The third kappa shape index (κ3) is 5.42. The summed E-state index contributed by atoms with van der Waals surface area (Å²) in [5.74, 6) is -1.48. The molecule has 0 saturated heterocycles. The minimum absolute atomic E-state index is 0.191. The molecule has 0 radical (unpaired) electrons. The molecule has 0 fully saturated rings. The lowest BCUT2D eigenvalue weighted by molar-refractivity contribution is -0.120. The number of halogens is 1. The fourth-order valence-corrected chi connectivity index (χ4v) is 2.21. The lowest BCUT2D eigenvalue weighted by atomic mass is 10.2. The summed E-state index contributed by atoms with van der Waals surface area (Å²) in [6.07, 6.45) is 0. The van der Waals surface area contributed by atoms with Crippen LogP contribution in [0.5, 0.6) is 0 Å². The zero-order valence-corrected chi connectivity index (χ0v) is 13.9. The highest BCUT2D eigenvalue weighted by Gasteiger charge is 2.16. The van der Waals surface area contributed by atoms with E-state index in [0.717, 1.165) is 0 Å². The first-order valence-corrected chi connectivity index (χ1v) is 7.56. The highest BCUT2D eigenvalue weighted by molar-refractivity contribution is 6.01. The van der Waals surface area contributed by atoms with Crippen molar-refractivity contribution in [2.75, 3.05) is 22.1 Å². The van der Waals surface area contributed by atoms with Gasteiger partial charge in [-0.2, -0.15) is 0 Å². The number of nitrogens with zero attached hydrogens (tertiary/aromatic N) is 1. The Hall–Kier alpha value is -3.22. The van der Waals surface area contributed by atoms with Crippen LogP contribution in [-0.2, 0) is 14.4 Å². The van der Waals surface area contributed by atoms with Gasteiger partial charge >= 0.3 is 0 Å². The highest BCUT2D eigenvalue weighted by atomic mass is 19.1. The zero-order valence-electron chi connectivity index (χ0n) is 13.9. The Morgan fingerprint density at radius 1 is 0.960 bits per heavy atom. The molecule has 0 spiro atoms. The van der Waals surface area contributed by atoms with Crippen LogP contribution in [0.4, 0.5) is 21.5 Å². The van der Waals surface area contributed by atoms with E-state index < -0.39 is 11.7 Å². The van der Waals surface area contributed by atoms with Crippen LogP contribution >= 0.6 is 0 Å². The Morgan fingerprint density at radius 2 is 1.56 bits per heavy atom. The van der Waals surface area contributed by atoms with E-state index in [1.165, 1.54) is 36.9 Å². The minimum atomic E-state index is -0.488. The van der Waals surface area contributed by atoms with Crippen molar-refractivity contribution in [2.24, 2.45) is 0 Å². The van der Waals surface area contributed by atoms with Crippen LogP contribution in [0.1, 0.15) is 13.8 Å². The lowest BCUT2D eigenvalue weighted by Crippen LogP contribution is -2.36. The largest absolute Gasteiger partial charge is 0.326 e. The average molecular weight is 343 g/mol. The van der Waals surface area contributed by atoms with Gasteiger partial charge in [0, 0.05) is 30.9 Å². The van der Waals surface area contributed by atoms with Gasteiger partial charge in [-0.05, 0) is 42.5 Å². The summed E-state index contributed by atoms with van der Waals surface area (Å²) in [6.45, 7) is 2.46. The van der Waals surface area contributed by atoms with Crippen molar-refractivity contribution >= 4 is 34.8 Å². The van der Waals surface area contributed by atoms with E-state index in [1.54, 1.807) is 30.3 Å². The number of amides is 3. The molecular formula is C18H18FN3O3. The van der Waals surface area contributed by atoms with Crippen molar-refractivity contribution in [1.82, 2.24) is 0 Å². The van der Waals surface area contributed by atoms with Gasteiger partial charge in [0.2, 0.25) is 17.7 Å². The maximum absolute atomic E-state index is 13.3. The smallest absolute Gasteiger partial charge is 0.244 e. The zero-order chi connectivity index (χ0) is 18.4. The number of hydrogen-bond donors (Lipinski definition) is 2. The third-order valence-electron chi connectivity index (χ3n) is 3.29. The van der Waals surface area contributed by atoms with Gasteiger partial charge in [0.25, 0.3) is 0 Å². The maximum atomic E-state index is 13.3. The summed E-state index contributed by atoms with van der Waals surface area (Å²) < 4.78 is 13.3. The highest BCUT2D eigenvalue weighted by Crippen LogP contribution is 2.17. The Kier molecular flexibility index (Phi) is 5.84. The van der Waals surface area contributed by atoms with E-state index >= 15 is 0 Å². The standard InChI is InChI=1S/C18H18FN3O3/c1-12(23)20-15-6-8-16(9-7-15)21-18(25)11-22(13(2)24)17-5-3-4-14(19)10-17/h3-10H,11H2,1-2H3,(H,20,23)(H,21,25). The topological polar surface area (TPSA) is 78.5 Å². The van der Waals surface area contributed by atoms with Crippen LogP contribution in [-0.4, -0.2) is 24.3 Å². The van der Waals surface area contributed by atoms with Crippen LogP contribution in [0.15, 0.2) is 48.5 Å². The fourth-order valence-electron chi connectivity index (χ4n) is 2.21. The molecule has 0 aliphatic carbocycles. The molecular weight excluding hydrogens is 325 g/mol. The minimum Gasteiger partial charge on any atom is -0.326 e. The Labute approximate surface area is 144 Å². The van der Waals surface area contributed by atoms with Gasteiger partial charge in [0.1, 0.15) is 12.4 Å². The summed E-state index contributed by atoms with van der Waals surface area (Å²) in [6, 6.07) is 12.0. The monoisotopic (exact) mass is 343 g/mol. The molecule has 0 unspecified atom stereocenters. The summed E-state index contributed by atoms with van der Waals surface area (Å²) in [5.41, 5.74) is 1.43. The molecule has 7 heteroatoms. The number of hydrogen-bond acceptors (Lipinski definition) is 3. The number of rotatable bonds is 5. The van der Waals surface area contributed by atoms with Crippen LogP contribution in [0.25, 0.3) is 0 Å². The molecule has 2 aromatic carbocycles. The summed E-state index contributed by atoms with van der Waals surface area (Å²) in [4.78, 5) is 36.1. The predicted molar refractivity (Wildman–Crippen MR) is 93.8 cm³/mol. The first-order chi connectivity index (χ1) is 11.8. The molecule has 2 N–H and O–H groups in total. The molecule has 0 saturated carbocycles. The summed E-state index contributed by atoms with van der Waals surface area (Å²) >= 11 is 0. The van der Waals surface area contributed by atoms with Crippen molar-refractivity contribution in [1.29, 1.82) is 0 Å². The summed E-state index contributed by atoms with van der Waals surface area (Å²) in [5, 5.41) is 5.27. The molecule has 2 aromatic rings.